The van der Waals surface area contributed by atoms with E-state index in [2.05, 4.69) is 0 Å². The van der Waals surface area contributed by atoms with Crippen LogP contribution in [0.5, 0.6) is 0 Å². The van der Waals surface area contributed by atoms with Gasteiger partial charge in [0.15, 0.2) is 0 Å². The molecule has 6 heteroatoms. The fourth-order valence-electron chi connectivity index (χ4n) is 2.23. The summed E-state index contributed by atoms with van der Waals surface area (Å²) < 4.78 is 5.26. The molecule has 0 bridgehead atoms. The second-order valence-electron chi connectivity index (χ2n) is 4.66. The molecule has 0 aromatic rings. The van der Waals surface area contributed by atoms with Crippen molar-refractivity contribution in [2.45, 2.75) is 26.7 Å². The highest BCUT2D eigenvalue weighted by Crippen LogP contribution is 2.18. The lowest BCUT2D eigenvalue weighted by atomic mass is 9.97. The van der Waals surface area contributed by atoms with E-state index in [0.29, 0.717) is 52.2 Å². The lowest BCUT2D eigenvalue weighted by Crippen LogP contribution is -2.48. The Labute approximate surface area is 114 Å². The lowest BCUT2D eigenvalue weighted by Gasteiger charge is -2.34. The van der Waals surface area contributed by atoms with E-state index in [0.717, 1.165) is 0 Å². The standard InChI is InChI=1S/C13H24N2O4/c1-3-14(9-10-19-4-2)13(18)15-7-5-11(6-8-15)12(16)17/h11H,3-10H2,1-2H3,(H,16,17). The number of carbonyl (C=O) groups excluding carboxylic acids is 1. The molecule has 110 valence electrons. The summed E-state index contributed by atoms with van der Waals surface area (Å²) in [5.74, 6) is -1.06. The van der Waals surface area contributed by atoms with E-state index in [1.165, 1.54) is 0 Å². The monoisotopic (exact) mass is 272 g/mol. The fourth-order valence-corrected chi connectivity index (χ4v) is 2.23. The Morgan fingerprint density at radius 3 is 2.42 bits per heavy atom. The lowest BCUT2D eigenvalue weighted by molar-refractivity contribution is -0.143. The van der Waals surface area contributed by atoms with Crippen LogP contribution in [0.25, 0.3) is 0 Å². The van der Waals surface area contributed by atoms with E-state index in [9.17, 15) is 9.59 Å². The predicted molar refractivity (Wildman–Crippen MR) is 71.1 cm³/mol. The first-order chi connectivity index (χ1) is 9.10. The third-order valence-electron chi connectivity index (χ3n) is 3.48. The van der Waals surface area contributed by atoms with Gasteiger partial charge in [-0.15, -0.1) is 0 Å². The van der Waals surface area contributed by atoms with Crippen molar-refractivity contribution in [1.82, 2.24) is 9.80 Å². The number of hydrogen-bond acceptors (Lipinski definition) is 3. The molecule has 1 N–H and O–H groups in total. The van der Waals surface area contributed by atoms with Gasteiger partial charge in [0.05, 0.1) is 12.5 Å². The number of urea groups is 1. The first-order valence-corrected chi connectivity index (χ1v) is 6.94. The molecule has 2 amide bonds. The number of piperidine rings is 1. The van der Waals surface area contributed by atoms with Gasteiger partial charge in [-0.05, 0) is 26.7 Å². The van der Waals surface area contributed by atoms with Crippen molar-refractivity contribution in [2.75, 3.05) is 39.4 Å². The Kier molecular flexibility index (Phi) is 6.62. The molecule has 0 aromatic carbocycles. The largest absolute Gasteiger partial charge is 0.481 e. The van der Waals surface area contributed by atoms with Crippen molar-refractivity contribution in [3.8, 4) is 0 Å². The summed E-state index contributed by atoms with van der Waals surface area (Å²) in [6, 6.07) is -0.00829. The summed E-state index contributed by atoms with van der Waals surface area (Å²) in [4.78, 5) is 26.6. The van der Waals surface area contributed by atoms with E-state index in [4.69, 9.17) is 9.84 Å². The topological polar surface area (TPSA) is 70.1 Å². The van der Waals surface area contributed by atoms with Gasteiger partial charge >= 0.3 is 12.0 Å². The summed E-state index contributed by atoms with van der Waals surface area (Å²) in [7, 11) is 0. The van der Waals surface area contributed by atoms with Crippen LogP contribution in [0.15, 0.2) is 0 Å². The number of likely N-dealkylation sites (tertiary alicyclic amines) is 1. The first-order valence-electron chi connectivity index (χ1n) is 6.94. The van der Waals surface area contributed by atoms with Crippen LogP contribution in [0.3, 0.4) is 0 Å². The summed E-state index contributed by atoms with van der Waals surface area (Å²) >= 11 is 0. The maximum Gasteiger partial charge on any atom is 0.320 e. The molecule has 6 nitrogen and oxygen atoms in total. The summed E-state index contributed by atoms with van der Waals surface area (Å²) in [5.41, 5.74) is 0. The van der Waals surface area contributed by atoms with Gasteiger partial charge in [0.1, 0.15) is 0 Å². The predicted octanol–water partition coefficient (Wildman–Crippen LogP) is 1.26. The van der Waals surface area contributed by atoms with Crippen molar-refractivity contribution in [1.29, 1.82) is 0 Å². The number of carboxylic acid groups (broad SMARTS) is 1. The Balaban J connectivity index is 2.41. The number of carbonyl (C=O) groups is 2. The summed E-state index contributed by atoms with van der Waals surface area (Å²) in [6.07, 6.45) is 1.09. The average Bonchev–Trinajstić information content (AvgIpc) is 2.43. The number of aliphatic carboxylic acids is 1. The van der Waals surface area contributed by atoms with Crippen molar-refractivity contribution >= 4 is 12.0 Å². The van der Waals surface area contributed by atoms with Crippen LogP contribution in [0, 0.1) is 5.92 Å². The van der Waals surface area contributed by atoms with Gasteiger partial charge in [-0.25, -0.2) is 4.79 Å². The highest BCUT2D eigenvalue weighted by Gasteiger charge is 2.28. The van der Waals surface area contributed by atoms with Crippen molar-refractivity contribution in [3.63, 3.8) is 0 Å². The maximum absolute atomic E-state index is 12.2. The van der Waals surface area contributed by atoms with E-state index < -0.39 is 5.97 Å². The Bertz CT molecular complexity index is 301. The molecule has 0 saturated carbocycles. The minimum Gasteiger partial charge on any atom is -0.481 e. The molecule has 0 aromatic heterocycles. The van der Waals surface area contributed by atoms with Gasteiger partial charge < -0.3 is 19.6 Å². The maximum atomic E-state index is 12.2. The van der Waals surface area contributed by atoms with Gasteiger partial charge in [-0.2, -0.15) is 0 Å². The van der Waals surface area contributed by atoms with E-state index in [-0.39, 0.29) is 11.9 Å². The number of hydrogen-bond donors (Lipinski definition) is 1. The zero-order valence-corrected chi connectivity index (χ0v) is 11.8. The normalized spacial score (nSPS) is 16.4. The number of likely N-dealkylation sites (N-methyl/N-ethyl adjacent to an activating group) is 1. The van der Waals surface area contributed by atoms with Crippen molar-refractivity contribution in [3.05, 3.63) is 0 Å². The second-order valence-corrected chi connectivity index (χ2v) is 4.66. The second kappa shape index (κ2) is 7.99. The van der Waals surface area contributed by atoms with Crippen LogP contribution in [0.2, 0.25) is 0 Å². The SMILES string of the molecule is CCOCCN(CC)C(=O)N1CCC(C(=O)O)CC1. The molecule has 1 fully saturated rings. The molecule has 1 aliphatic heterocycles. The molecule has 0 radical (unpaired) electrons. The van der Waals surface area contributed by atoms with Crippen LogP contribution < -0.4 is 0 Å². The van der Waals surface area contributed by atoms with Gasteiger partial charge in [-0.3, -0.25) is 4.79 Å². The van der Waals surface area contributed by atoms with E-state index in [1.54, 1.807) is 9.80 Å². The molecule has 0 aliphatic carbocycles. The average molecular weight is 272 g/mol. The van der Waals surface area contributed by atoms with E-state index in [1.807, 2.05) is 13.8 Å². The summed E-state index contributed by atoms with van der Waals surface area (Å²) in [6.45, 7) is 7.34. The van der Waals surface area contributed by atoms with Crippen LogP contribution in [-0.4, -0.2) is 66.3 Å². The quantitative estimate of drug-likeness (QED) is 0.739. The molecule has 1 rings (SSSR count). The Morgan fingerprint density at radius 1 is 1.32 bits per heavy atom. The molecule has 1 heterocycles. The molecule has 1 saturated heterocycles. The van der Waals surface area contributed by atoms with Crippen LogP contribution in [0.1, 0.15) is 26.7 Å². The molecule has 0 spiro atoms. The van der Waals surface area contributed by atoms with Crippen LogP contribution in [0.4, 0.5) is 4.79 Å². The number of rotatable bonds is 6. The highest BCUT2D eigenvalue weighted by molar-refractivity contribution is 5.75. The van der Waals surface area contributed by atoms with Gasteiger partial charge in [-0.1, -0.05) is 0 Å². The smallest absolute Gasteiger partial charge is 0.320 e. The van der Waals surface area contributed by atoms with Gasteiger partial charge in [0.2, 0.25) is 0 Å². The molecular formula is C13H24N2O4. The zero-order chi connectivity index (χ0) is 14.3. The minimum atomic E-state index is -0.754. The third kappa shape index (κ3) is 4.70. The fraction of sp³-hybridized carbons (Fsp3) is 0.846. The van der Waals surface area contributed by atoms with Crippen molar-refractivity contribution in [2.24, 2.45) is 5.92 Å². The zero-order valence-electron chi connectivity index (χ0n) is 11.8. The third-order valence-corrected chi connectivity index (χ3v) is 3.48. The first kappa shape index (κ1) is 15.8. The molecule has 0 unspecified atom stereocenters. The van der Waals surface area contributed by atoms with Crippen LogP contribution >= 0.6 is 0 Å². The molecule has 19 heavy (non-hydrogen) atoms. The van der Waals surface area contributed by atoms with Crippen molar-refractivity contribution < 1.29 is 19.4 Å². The number of amides is 2. The Hall–Kier alpha value is -1.30. The van der Waals surface area contributed by atoms with Gasteiger partial charge in [0.25, 0.3) is 0 Å². The number of nitrogens with zero attached hydrogens (tertiary/aromatic N) is 2. The molecular weight excluding hydrogens is 248 g/mol. The minimum absolute atomic E-state index is 0.00829. The highest BCUT2D eigenvalue weighted by atomic mass is 16.5. The molecule has 0 atom stereocenters. The number of carboxylic acids is 1. The Morgan fingerprint density at radius 2 is 1.95 bits per heavy atom. The molecule has 1 aliphatic rings. The van der Waals surface area contributed by atoms with E-state index >= 15 is 0 Å². The summed E-state index contributed by atoms with van der Waals surface area (Å²) in [5, 5.41) is 8.93. The van der Waals surface area contributed by atoms with Gasteiger partial charge in [0, 0.05) is 32.8 Å². The number of ether oxygens (including phenoxy) is 1. The van der Waals surface area contributed by atoms with Crippen LogP contribution in [-0.2, 0) is 9.53 Å².